The van der Waals surface area contributed by atoms with Crippen molar-refractivity contribution in [2.24, 2.45) is 0 Å². The lowest BCUT2D eigenvalue weighted by molar-refractivity contribution is -0.120. The minimum Gasteiger partial charge on any atom is -0.354 e. The highest BCUT2D eigenvalue weighted by molar-refractivity contribution is 9.10. The molecule has 0 heterocycles. The molecule has 1 aliphatic carbocycles. The highest BCUT2D eigenvalue weighted by Crippen LogP contribution is 2.43. The van der Waals surface area contributed by atoms with E-state index in [4.69, 9.17) is 0 Å². The van der Waals surface area contributed by atoms with Gasteiger partial charge in [-0.1, -0.05) is 52.7 Å². The quantitative estimate of drug-likeness (QED) is 0.677. The molecule has 1 saturated carbocycles. The first-order chi connectivity index (χ1) is 13.2. The van der Waals surface area contributed by atoms with Gasteiger partial charge in [0.15, 0.2) is 0 Å². The van der Waals surface area contributed by atoms with Crippen molar-refractivity contribution < 1.29 is 13.2 Å². The van der Waals surface area contributed by atoms with E-state index in [0.717, 1.165) is 35.6 Å². The van der Waals surface area contributed by atoms with Gasteiger partial charge >= 0.3 is 0 Å². The number of nitrogens with zero attached hydrogens (tertiary/aromatic N) is 1. The number of anilines is 1. The molecule has 0 spiro atoms. The molecule has 150 valence electrons. The number of hydrogen-bond acceptors (Lipinski definition) is 3. The summed E-state index contributed by atoms with van der Waals surface area (Å²) < 4.78 is 26.8. The molecule has 7 heteroatoms. The number of carbonyl (C=O) groups is 1. The Bertz CT molecular complexity index is 971. The number of sulfonamides is 1. The number of nitrogens with one attached hydrogen (secondary N) is 1. The molecule has 28 heavy (non-hydrogen) atoms. The molecule has 0 unspecified atom stereocenters. The molecule has 1 aliphatic rings. The molecular weight excluding hydrogens is 440 g/mol. The van der Waals surface area contributed by atoms with Crippen LogP contribution in [0.2, 0.25) is 0 Å². The summed E-state index contributed by atoms with van der Waals surface area (Å²) in [6.07, 6.45) is 4.28. The van der Waals surface area contributed by atoms with Crippen LogP contribution in [0.15, 0.2) is 53.0 Å². The van der Waals surface area contributed by atoms with Crippen molar-refractivity contribution in [1.29, 1.82) is 0 Å². The Balaban J connectivity index is 1.72. The fraction of sp³-hybridized carbons (Fsp3) is 0.381. The van der Waals surface area contributed by atoms with Crippen LogP contribution in [0, 0.1) is 6.92 Å². The lowest BCUT2D eigenvalue weighted by Crippen LogP contribution is -2.48. The van der Waals surface area contributed by atoms with E-state index in [1.54, 1.807) is 12.1 Å². The number of benzene rings is 2. The number of aryl methyl sites for hydroxylation is 1. The van der Waals surface area contributed by atoms with Crippen molar-refractivity contribution in [3.8, 4) is 0 Å². The Hall–Kier alpha value is -1.86. The van der Waals surface area contributed by atoms with Crippen molar-refractivity contribution >= 4 is 37.5 Å². The second kappa shape index (κ2) is 8.25. The molecule has 0 aromatic heterocycles. The molecule has 1 fully saturated rings. The summed E-state index contributed by atoms with van der Waals surface area (Å²) >= 11 is 3.51. The molecule has 1 N–H and O–H groups in total. The van der Waals surface area contributed by atoms with Gasteiger partial charge in [-0.3, -0.25) is 9.10 Å². The minimum absolute atomic E-state index is 0.0714. The van der Waals surface area contributed by atoms with Crippen LogP contribution in [-0.4, -0.2) is 33.7 Å². The van der Waals surface area contributed by atoms with Crippen molar-refractivity contribution in [3.05, 3.63) is 64.1 Å². The van der Waals surface area contributed by atoms with E-state index in [9.17, 15) is 13.2 Å². The van der Waals surface area contributed by atoms with E-state index < -0.39 is 10.0 Å². The second-order valence-corrected chi connectivity index (χ2v) is 10.3. The number of carbonyl (C=O) groups excluding carboxylic acids is 1. The monoisotopic (exact) mass is 464 g/mol. The fourth-order valence-electron chi connectivity index (χ4n) is 3.67. The summed E-state index contributed by atoms with van der Waals surface area (Å²) in [6.45, 7) is 2.12. The SMILES string of the molecule is Cc1ccccc1N(CC(=O)NCC1(c2cccc(Br)c2)CCC1)S(C)(=O)=O. The molecule has 5 nitrogen and oxygen atoms in total. The fourth-order valence-corrected chi connectivity index (χ4v) is 4.98. The first-order valence-corrected chi connectivity index (χ1v) is 11.9. The number of para-hydroxylation sites is 1. The van der Waals surface area contributed by atoms with Crippen molar-refractivity contribution in [2.45, 2.75) is 31.6 Å². The summed E-state index contributed by atoms with van der Waals surface area (Å²) in [7, 11) is -3.57. The van der Waals surface area contributed by atoms with E-state index in [-0.39, 0.29) is 17.9 Å². The van der Waals surface area contributed by atoms with Crippen LogP contribution in [0.5, 0.6) is 0 Å². The Morgan fingerprint density at radius 2 is 1.89 bits per heavy atom. The summed E-state index contributed by atoms with van der Waals surface area (Å²) in [5.41, 5.74) is 2.47. The van der Waals surface area contributed by atoms with Crippen molar-refractivity contribution in [3.63, 3.8) is 0 Å². The van der Waals surface area contributed by atoms with E-state index in [0.29, 0.717) is 12.2 Å². The van der Waals surface area contributed by atoms with Gasteiger partial charge in [0.2, 0.25) is 15.9 Å². The van der Waals surface area contributed by atoms with Gasteiger partial charge in [0.05, 0.1) is 11.9 Å². The summed E-state index contributed by atoms with van der Waals surface area (Å²) in [6, 6.07) is 15.4. The van der Waals surface area contributed by atoms with E-state index in [1.807, 2.05) is 31.2 Å². The van der Waals surface area contributed by atoms with Gasteiger partial charge in [-0.2, -0.15) is 0 Å². The third-order valence-electron chi connectivity index (χ3n) is 5.44. The maximum Gasteiger partial charge on any atom is 0.240 e. The molecule has 0 bridgehead atoms. The molecule has 0 saturated heterocycles. The van der Waals surface area contributed by atoms with Gasteiger partial charge in [-0.05, 0) is 49.1 Å². The minimum atomic E-state index is -3.57. The molecule has 0 aliphatic heterocycles. The topological polar surface area (TPSA) is 66.5 Å². The van der Waals surface area contributed by atoms with Gasteiger partial charge in [0.1, 0.15) is 6.54 Å². The lowest BCUT2D eigenvalue weighted by Gasteiger charge is -2.42. The predicted molar refractivity (Wildman–Crippen MR) is 116 cm³/mol. The van der Waals surface area contributed by atoms with Crippen LogP contribution < -0.4 is 9.62 Å². The molecule has 0 radical (unpaired) electrons. The zero-order chi connectivity index (χ0) is 20.4. The third-order valence-corrected chi connectivity index (χ3v) is 7.06. The van der Waals surface area contributed by atoms with Crippen molar-refractivity contribution in [2.75, 3.05) is 23.7 Å². The number of rotatable bonds is 7. The van der Waals surface area contributed by atoms with Gasteiger partial charge in [-0.25, -0.2) is 8.42 Å². The second-order valence-electron chi connectivity index (χ2n) is 7.48. The summed E-state index contributed by atoms with van der Waals surface area (Å²) in [5.74, 6) is -0.296. The predicted octanol–water partition coefficient (Wildman–Crippen LogP) is 3.76. The zero-order valence-electron chi connectivity index (χ0n) is 16.1. The van der Waals surface area contributed by atoms with Crippen LogP contribution in [0.1, 0.15) is 30.4 Å². The maximum absolute atomic E-state index is 12.6. The molecule has 0 atom stereocenters. The normalized spacial score (nSPS) is 15.5. The Morgan fingerprint density at radius 3 is 2.46 bits per heavy atom. The Morgan fingerprint density at radius 1 is 1.18 bits per heavy atom. The third kappa shape index (κ3) is 4.58. The van der Waals surface area contributed by atoms with Crippen LogP contribution >= 0.6 is 15.9 Å². The zero-order valence-corrected chi connectivity index (χ0v) is 18.5. The van der Waals surface area contributed by atoms with Crippen LogP contribution in [0.4, 0.5) is 5.69 Å². The number of halogens is 1. The Labute approximate surface area is 175 Å². The van der Waals surface area contributed by atoms with Gasteiger partial charge in [0.25, 0.3) is 0 Å². The molecule has 2 aromatic carbocycles. The average molecular weight is 465 g/mol. The van der Waals surface area contributed by atoms with Gasteiger partial charge < -0.3 is 5.32 Å². The first-order valence-electron chi connectivity index (χ1n) is 9.27. The smallest absolute Gasteiger partial charge is 0.240 e. The van der Waals surface area contributed by atoms with E-state index in [1.165, 1.54) is 9.87 Å². The number of hydrogen-bond donors (Lipinski definition) is 1. The Kier molecular flexibility index (Phi) is 6.15. The summed E-state index contributed by atoms with van der Waals surface area (Å²) in [5, 5.41) is 2.97. The van der Waals surface area contributed by atoms with E-state index >= 15 is 0 Å². The maximum atomic E-state index is 12.6. The van der Waals surface area contributed by atoms with Gasteiger partial charge in [-0.15, -0.1) is 0 Å². The lowest BCUT2D eigenvalue weighted by atomic mass is 9.64. The van der Waals surface area contributed by atoms with E-state index in [2.05, 4.69) is 33.4 Å². The largest absolute Gasteiger partial charge is 0.354 e. The van der Waals surface area contributed by atoms with Crippen LogP contribution in [-0.2, 0) is 20.2 Å². The molecule has 1 amide bonds. The number of amides is 1. The van der Waals surface area contributed by atoms with Crippen molar-refractivity contribution in [1.82, 2.24) is 5.32 Å². The molecular formula is C21H25BrN2O3S. The highest BCUT2D eigenvalue weighted by atomic mass is 79.9. The standard InChI is InChI=1S/C21H25BrN2O3S/c1-16-7-3-4-10-19(16)24(28(2,26)27)14-20(25)23-15-21(11-6-12-21)17-8-5-9-18(22)13-17/h3-5,7-10,13H,6,11-12,14-15H2,1-2H3,(H,23,25). The average Bonchev–Trinajstić information content (AvgIpc) is 2.59. The van der Waals surface area contributed by atoms with Crippen LogP contribution in [0.3, 0.4) is 0 Å². The van der Waals surface area contributed by atoms with Crippen LogP contribution in [0.25, 0.3) is 0 Å². The molecule has 2 aromatic rings. The molecule has 3 rings (SSSR count). The highest BCUT2D eigenvalue weighted by Gasteiger charge is 2.39. The first kappa shape index (κ1) is 20.9. The van der Waals surface area contributed by atoms with Gasteiger partial charge in [0, 0.05) is 16.4 Å². The summed E-state index contributed by atoms with van der Waals surface area (Å²) in [4.78, 5) is 12.6.